The second-order valence-electron chi connectivity index (χ2n) is 4.22. The molecule has 0 unspecified atom stereocenters. The maximum absolute atomic E-state index is 11.8. The minimum atomic E-state index is -0.598. The molecule has 1 heterocycles. The van der Waals surface area contributed by atoms with E-state index in [1.54, 1.807) is 12.4 Å². The van der Waals surface area contributed by atoms with Gasteiger partial charge in [-0.25, -0.2) is 9.97 Å². The summed E-state index contributed by atoms with van der Waals surface area (Å²) in [5, 5.41) is 13.4. The molecule has 0 atom stereocenters. The average Bonchev–Trinajstić information content (AvgIpc) is 2.48. The molecule has 21 heavy (non-hydrogen) atoms. The number of halogens is 1. The van der Waals surface area contributed by atoms with Crippen LogP contribution in [0.5, 0.6) is 0 Å². The summed E-state index contributed by atoms with van der Waals surface area (Å²) in [4.78, 5) is 29.7. The molecule has 1 amide bonds. The van der Waals surface area contributed by atoms with Crippen LogP contribution in [0.25, 0.3) is 0 Å². The summed E-state index contributed by atoms with van der Waals surface area (Å²) in [5.74, 6) is -0.254. The fourth-order valence-corrected chi connectivity index (χ4v) is 1.86. The first-order chi connectivity index (χ1) is 10.1. The number of aromatic nitrogens is 2. The van der Waals surface area contributed by atoms with Crippen LogP contribution in [-0.2, 0) is 11.2 Å². The second kappa shape index (κ2) is 6.76. The standard InChI is InChI=1S/C13H11ClN4O3/c14-11-3-2-10(5-12(11)18(20)21)17-13(19)4-1-9-6-15-8-16-7-9/h2-3,5-8H,1,4H2,(H,17,19). The summed E-state index contributed by atoms with van der Waals surface area (Å²) < 4.78 is 0. The molecule has 0 aliphatic rings. The van der Waals surface area contributed by atoms with Crippen molar-refractivity contribution in [1.82, 2.24) is 9.97 Å². The third kappa shape index (κ3) is 4.22. The molecule has 8 heteroatoms. The lowest BCUT2D eigenvalue weighted by Crippen LogP contribution is -2.12. The predicted molar refractivity (Wildman–Crippen MR) is 77.1 cm³/mol. The average molecular weight is 307 g/mol. The lowest BCUT2D eigenvalue weighted by atomic mass is 10.2. The van der Waals surface area contributed by atoms with Crippen molar-refractivity contribution in [3.8, 4) is 0 Å². The third-order valence-electron chi connectivity index (χ3n) is 2.68. The predicted octanol–water partition coefficient (Wildman–Crippen LogP) is 2.61. The van der Waals surface area contributed by atoms with Gasteiger partial charge in [-0.1, -0.05) is 11.6 Å². The number of anilines is 1. The maximum Gasteiger partial charge on any atom is 0.289 e. The van der Waals surface area contributed by atoms with Gasteiger partial charge in [0.25, 0.3) is 5.69 Å². The van der Waals surface area contributed by atoms with E-state index in [4.69, 9.17) is 11.6 Å². The number of nitro benzene ring substituents is 1. The minimum Gasteiger partial charge on any atom is -0.326 e. The molecule has 0 saturated heterocycles. The Kier molecular flexibility index (Phi) is 4.78. The van der Waals surface area contributed by atoms with Gasteiger partial charge >= 0.3 is 0 Å². The SMILES string of the molecule is O=C(CCc1cncnc1)Nc1ccc(Cl)c([N+](=O)[O-])c1. The normalized spacial score (nSPS) is 10.1. The number of rotatable bonds is 5. The van der Waals surface area contributed by atoms with E-state index in [1.165, 1.54) is 24.5 Å². The van der Waals surface area contributed by atoms with Gasteiger partial charge in [0.2, 0.25) is 5.91 Å². The first-order valence-corrected chi connectivity index (χ1v) is 6.42. The van der Waals surface area contributed by atoms with Crippen molar-refractivity contribution in [3.63, 3.8) is 0 Å². The Bertz CT molecular complexity index is 664. The Hall–Kier alpha value is -2.54. The van der Waals surface area contributed by atoms with E-state index in [-0.39, 0.29) is 23.0 Å². The maximum atomic E-state index is 11.8. The van der Waals surface area contributed by atoms with Gasteiger partial charge in [-0.05, 0) is 24.1 Å². The monoisotopic (exact) mass is 306 g/mol. The molecule has 0 fully saturated rings. The van der Waals surface area contributed by atoms with Crippen LogP contribution >= 0.6 is 11.6 Å². The molecule has 0 aliphatic carbocycles. The summed E-state index contributed by atoms with van der Waals surface area (Å²) in [6.07, 6.45) is 5.39. The zero-order chi connectivity index (χ0) is 15.2. The van der Waals surface area contributed by atoms with Crippen molar-refractivity contribution in [1.29, 1.82) is 0 Å². The van der Waals surface area contributed by atoms with E-state index in [9.17, 15) is 14.9 Å². The quantitative estimate of drug-likeness (QED) is 0.676. The Balaban J connectivity index is 1.97. The first kappa shape index (κ1) is 14.9. The summed E-state index contributed by atoms with van der Waals surface area (Å²) in [7, 11) is 0. The van der Waals surface area contributed by atoms with Crippen molar-refractivity contribution in [2.24, 2.45) is 0 Å². The topological polar surface area (TPSA) is 98.0 Å². The van der Waals surface area contributed by atoms with Gasteiger partial charge < -0.3 is 5.32 Å². The van der Waals surface area contributed by atoms with Crippen molar-refractivity contribution in [2.75, 3.05) is 5.32 Å². The Labute approximate surface area is 125 Å². The van der Waals surface area contributed by atoms with Crippen molar-refractivity contribution < 1.29 is 9.72 Å². The van der Waals surface area contributed by atoms with Gasteiger partial charge in [0.1, 0.15) is 11.3 Å². The van der Waals surface area contributed by atoms with E-state index in [2.05, 4.69) is 15.3 Å². The number of benzene rings is 1. The van der Waals surface area contributed by atoms with Crippen molar-refractivity contribution in [3.05, 3.63) is 57.6 Å². The number of nitrogens with one attached hydrogen (secondary N) is 1. The fourth-order valence-electron chi connectivity index (χ4n) is 1.67. The van der Waals surface area contributed by atoms with Gasteiger partial charge in [0.15, 0.2) is 0 Å². The van der Waals surface area contributed by atoms with Crippen LogP contribution in [0.1, 0.15) is 12.0 Å². The van der Waals surface area contributed by atoms with E-state index >= 15 is 0 Å². The summed E-state index contributed by atoms with van der Waals surface area (Å²) in [5.41, 5.74) is 0.932. The number of hydrogen-bond acceptors (Lipinski definition) is 5. The lowest BCUT2D eigenvalue weighted by molar-refractivity contribution is -0.384. The summed E-state index contributed by atoms with van der Waals surface area (Å²) in [6, 6.07) is 4.12. The molecule has 1 aromatic heterocycles. The number of amides is 1. The van der Waals surface area contributed by atoms with Crippen molar-refractivity contribution >= 4 is 28.9 Å². The van der Waals surface area contributed by atoms with Gasteiger partial charge in [0, 0.05) is 30.6 Å². The molecule has 1 aromatic carbocycles. The first-order valence-electron chi connectivity index (χ1n) is 6.04. The zero-order valence-corrected chi connectivity index (χ0v) is 11.6. The van der Waals surface area contributed by atoms with Gasteiger partial charge in [-0.2, -0.15) is 0 Å². The molecular weight excluding hydrogens is 296 g/mol. The van der Waals surface area contributed by atoms with Crippen LogP contribution in [-0.4, -0.2) is 20.8 Å². The Morgan fingerprint density at radius 1 is 1.33 bits per heavy atom. The molecule has 0 bridgehead atoms. The Morgan fingerprint density at radius 3 is 2.71 bits per heavy atom. The largest absolute Gasteiger partial charge is 0.326 e. The molecule has 108 valence electrons. The highest BCUT2D eigenvalue weighted by Crippen LogP contribution is 2.27. The highest BCUT2D eigenvalue weighted by molar-refractivity contribution is 6.32. The molecule has 2 rings (SSSR count). The third-order valence-corrected chi connectivity index (χ3v) is 3.00. The van der Waals surface area contributed by atoms with E-state index in [1.807, 2.05) is 0 Å². The minimum absolute atomic E-state index is 0.0273. The molecular formula is C13H11ClN4O3. The summed E-state index contributed by atoms with van der Waals surface area (Å²) in [6.45, 7) is 0. The van der Waals surface area contributed by atoms with Gasteiger partial charge in [0.05, 0.1) is 4.92 Å². The molecule has 0 spiro atoms. The van der Waals surface area contributed by atoms with Gasteiger partial charge in [-0.15, -0.1) is 0 Å². The van der Waals surface area contributed by atoms with Crippen LogP contribution in [0.2, 0.25) is 5.02 Å². The van der Waals surface area contributed by atoms with Crippen LogP contribution in [0.3, 0.4) is 0 Å². The van der Waals surface area contributed by atoms with Crippen molar-refractivity contribution in [2.45, 2.75) is 12.8 Å². The zero-order valence-electron chi connectivity index (χ0n) is 10.8. The molecule has 1 N–H and O–H groups in total. The van der Waals surface area contributed by atoms with Crippen LogP contribution in [0, 0.1) is 10.1 Å². The van der Waals surface area contributed by atoms with E-state index in [0.29, 0.717) is 12.1 Å². The number of aryl methyl sites for hydroxylation is 1. The van der Waals surface area contributed by atoms with Gasteiger partial charge in [-0.3, -0.25) is 14.9 Å². The number of nitrogens with zero attached hydrogens (tertiary/aromatic N) is 3. The second-order valence-corrected chi connectivity index (χ2v) is 4.63. The van der Waals surface area contributed by atoms with Crippen LogP contribution in [0.15, 0.2) is 36.9 Å². The lowest BCUT2D eigenvalue weighted by Gasteiger charge is -2.05. The molecule has 0 saturated carbocycles. The molecule has 0 aliphatic heterocycles. The van der Waals surface area contributed by atoms with Crippen LogP contribution < -0.4 is 5.32 Å². The van der Waals surface area contributed by atoms with E-state index < -0.39 is 4.92 Å². The summed E-state index contributed by atoms with van der Waals surface area (Å²) >= 11 is 5.70. The number of hydrogen-bond donors (Lipinski definition) is 1. The molecule has 0 radical (unpaired) electrons. The molecule has 7 nitrogen and oxygen atoms in total. The fraction of sp³-hybridized carbons (Fsp3) is 0.154. The van der Waals surface area contributed by atoms with E-state index in [0.717, 1.165) is 5.56 Å². The number of carbonyl (C=O) groups is 1. The highest BCUT2D eigenvalue weighted by atomic mass is 35.5. The number of nitro groups is 1. The highest BCUT2D eigenvalue weighted by Gasteiger charge is 2.13. The van der Waals surface area contributed by atoms with Crippen LogP contribution in [0.4, 0.5) is 11.4 Å². The smallest absolute Gasteiger partial charge is 0.289 e. The molecule has 2 aromatic rings. The number of carbonyl (C=O) groups excluding carboxylic acids is 1. The Morgan fingerprint density at radius 2 is 2.05 bits per heavy atom.